The summed E-state index contributed by atoms with van der Waals surface area (Å²) in [6.07, 6.45) is 11.7. The van der Waals surface area contributed by atoms with Gasteiger partial charge < -0.3 is 24.5 Å². The van der Waals surface area contributed by atoms with Gasteiger partial charge in [-0.2, -0.15) is 0 Å². The molecule has 0 aliphatic heterocycles. The minimum atomic E-state index is -0.250. The Bertz CT molecular complexity index is 388. The minimum absolute atomic E-state index is 0.0486. The van der Waals surface area contributed by atoms with Crippen molar-refractivity contribution in [3.05, 3.63) is 24.8 Å². The first kappa shape index (κ1) is 33.3. The third kappa shape index (κ3) is 43.8. The van der Waals surface area contributed by atoms with Gasteiger partial charge in [0.05, 0.1) is 0 Å². The molecule has 0 aromatic carbocycles. The average Bonchev–Trinajstić information content (AvgIpc) is 2.65. The zero-order chi connectivity index (χ0) is 22.6. The van der Waals surface area contributed by atoms with E-state index in [9.17, 15) is 14.4 Å². The van der Waals surface area contributed by atoms with Crippen LogP contribution in [0.4, 0.5) is 0 Å². The molecular formula is C21H40N2O5. The molecule has 0 unspecified atom stereocenters. The van der Waals surface area contributed by atoms with Crippen molar-refractivity contribution in [2.75, 3.05) is 34.2 Å². The van der Waals surface area contributed by atoms with Gasteiger partial charge >= 0.3 is 0 Å². The summed E-state index contributed by atoms with van der Waals surface area (Å²) in [5.74, 6) is 0.0486. The fraction of sp³-hybridized carbons (Fsp3) is 0.619. The van der Waals surface area contributed by atoms with Crippen LogP contribution in [0.1, 0.15) is 52.4 Å². The van der Waals surface area contributed by atoms with E-state index in [2.05, 4.69) is 39.4 Å². The van der Waals surface area contributed by atoms with Gasteiger partial charge in [-0.1, -0.05) is 45.4 Å². The summed E-state index contributed by atoms with van der Waals surface area (Å²) in [6, 6.07) is 0. The van der Waals surface area contributed by atoms with Gasteiger partial charge in [0, 0.05) is 32.5 Å². The van der Waals surface area contributed by atoms with Gasteiger partial charge in [-0.3, -0.25) is 9.59 Å². The maximum Gasteiger partial charge on any atom is 0.290 e. The number of hydrogen-bond acceptors (Lipinski definition) is 5. The van der Waals surface area contributed by atoms with Crippen molar-refractivity contribution in [3.8, 4) is 0 Å². The van der Waals surface area contributed by atoms with E-state index in [1.807, 2.05) is 7.05 Å². The summed E-state index contributed by atoms with van der Waals surface area (Å²) in [7, 11) is 5.99. The maximum absolute atomic E-state index is 11.5. The third-order valence-corrected chi connectivity index (χ3v) is 2.75. The lowest BCUT2D eigenvalue weighted by Crippen LogP contribution is -2.25. The van der Waals surface area contributed by atoms with Crippen molar-refractivity contribution in [2.45, 2.75) is 52.4 Å². The van der Waals surface area contributed by atoms with Crippen molar-refractivity contribution < 1.29 is 24.3 Å². The molecule has 0 spiro atoms. The van der Waals surface area contributed by atoms with E-state index in [1.165, 1.54) is 19.3 Å². The summed E-state index contributed by atoms with van der Waals surface area (Å²) in [4.78, 5) is 42.6. The van der Waals surface area contributed by atoms with E-state index in [0.717, 1.165) is 32.1 Å². The summed E-state index contributed by atoms with van der Waals surface area (Å²) >= 11 is 0. The lowest BCUT2D eigenvalue weighted by Gasteiger charge is -2.15. The Morgan fingerprint density at radius 3 is 1.71 bits per heavy atom. The summed E-state index contributed by atoms with van der Waals surface area (Å²) in [6.45, 7) is 9.48. The fourth-order valence-corrected chi connectivity index (χ4v) is 1.48. The van der Waals surface area contributed by atoms with Gasteiger partial charge in [0.25, 0.3) is 6.47 Å². The number of carboxylic acid groups (broad SMARTS) is 1. The van der Waals surface area contributed by atoms with E-state index in [-0.39, 0.29) is 12.4 Å². The fourth-order valence-electron chi connectivity index (χ4n) is 1.48. The zero-order valence-corrected chi connectivity index (χ0v) is 18.3. The number of allylic oxidation sites excluding steroid dienone is 2. The first-order valence-corrected chi connectivity index (χ1v) is 9.46. The van der Waals surface area contributed by atoms with E-state index in [0.29, 0.717) is 12.8 Å². The molecule has 0 heterocycles. The van der Waals surface area contributed by atoms with E-state index < -0.39 is 0 Å². The predicted octanol–water partition coefficient (Wildman–Crippen LogP) is 3.20. The molecule has 0 aromatic rings. The van der Waals surface area contributed by atoms with Crippen LogP contribution in [0.2, 0.25) is 0 Å². The lowest BCUT2D eigenvalue weighted by atomic mass is 10.2. The minimum Gasteiger partial charge on any atom is -0.483 e. The number of rotatable bonds is 11. The van der Waals surface area contributed by atoms with Crippen molar-refractivity contribution in [1.29, 1.82) is 0 Å². The highest BCUT2D eigenvalue weighted by molar-refractivity contribution is 5.87. The molecule has 0 atom stereocenters. The second-order valence-electron chi connectivity index (χ2n) is 5.94. The van der Waals surface area contributed by atoms with Gasteiger partial charge in [-0.05, 0) is 33.5 Å². The molecule has 7 nitrogen and oxygen atoms in total. The molecule has 7 heteroatoms. The zero-order valence-electron chi connectivity index (χ0n) is 18.3. The van der Waals surface area contributed by atoms with Crippen LogP contribution in [0.5, 0.6) is 0 Å². The Kier molecular flexibility index (Phi) is 38.5. The molecule has 0 saturated heterocycles. The Labute approximate surface area is 171 Å². The molecule has 0 aliphatic carbocycles. The molecule has 1 amide bonds. The summed E-state index contributed by atoms with van der Waals surface area (Å²) in [5, 5.41) is 6.89. The number of hydrogen-bond donors (Lipinski definition) is 1. The number of nitrogens with zero attached hydrogens (tertiary/aromatic N) is 2. The topological polar surface area (TPSA) is 95.0 Å². The molecule has 0 saturated carbocycles. The predicted molar refractivity (Wildman–Crippen MR) is 115 cm³/mol. The summed E-state index contributed by atoms with van der Waals surface area (Å²) in [5.41, 5.74) is 0. The molecule has 164 valence electrons. The van der Waals surface area contributed by atoms with Crippen LogP contribution in [-0.4, -0.2) is 74.1 Å². The Morgan fingerprint density at radius 1 is 0.929 bits per heavy atom. The van der Waals surface area contributed by atoms with E-state index in [4.69, 9.17) is 9.90 Å². The number of amides is 1. The monoisotopic (exact) mass is 400 g/mol. The quantitative estimate of drug-likeness (QED) is 0.248. The molecule has 0 fully saturated rings. The van der Waals surface area contributed by atoms with E-state index >= 15 is 0 Å². The van der Waals surface area contributed by atoms with Crippen LogP contribution in [0.15, 0.2) is 24.8 Å². The van der Waals surface area contributed by atoms with Crippen molar-refractivity contribution >= 4 is 25.0 Å². The number of carbonyl (C=O) groups is 4. The van der Waals surface area contributed by atoms with Crippen LogP contribution in [0, 0.1) is 0 Å². The molecule has 0 aromatic heterocycles. The van der Waals surface area contributed by atoms with Crippen molar-refractivity contribution in [1.82, 2.24) is 9.80 Å². The van der Waals surface area contributed by atoms with Crippen molar-refractivity contribution in [3.63, 3.8) is 0 Å². The standard InChI is InChI=1S/C13H24N2O.C4H6O2.C3H8.CH2O2/c1-5-6-10-13(16)15(4)12-9-7-8-11-14(2)3;5-3-1-2-4-6;1-3-2;2-1-3/h5-6,10H,1,7-9,11-12H2,2-4H3;3-4H,1-2H2;3H2,1-2H3;1H,(H,2,3)/b10-6-;;;. The molecule has 0 rings (SSSR count). The van der Waals surface area contributed by atoms with Gasteiger partial charge in [-0.15, -0.1) is 0 Å². The smallest absolute Gasteiger partial charge is 0.290 e. The number of unbranched alkanes of at least 4 members (excludes halogenated alkanes) is 3. The number of aldehydes is 2. The first-order chi connectivity index (χ1) is 13.3. The number of likely N-dealkylation sites (N-methyl/N-ethyl adjacent to an activating group) is 1. The van der Waals surface area contributed by atoms with Crippen LogP contribution >= 0.6 is 0 Å². The van der Waals surface area contributed by atoms with Crippen LogP contribution in [-0.2, 0) is 19.2 Å². The Balaban J connectivity index is -0.000000196. The SMILES string of the molecule is C=C/C=C\C(=O)N(C)CCCCCN(C)C.CCC.O=CCCC=O.O=CO. The molecule has 0 bridgehead atoms. The molecule has 1 N–H and O–H groups in total. The molecule has 0 aliphatic rings. The average molecular weight is 401 g/mol. The largest absolute Gasteiger partial charge is 0.483 e. The highest BCUT2D eigenvalue weighted by Gasteiger charge is 2.03. The van der Waals surface area contributed by atoms with Gasteiger partial charge in [-0.25, -0.2) is 0 Å². The number of carbonyl (C=O) groups excluding carboxylic acids is 3. The molecule has 28 heavy (non-hydrogen) atoms. The molecular weight excluding hydrogens is 360 g/mol. The second-order valence-corrected chi connectivity index (χ2v) is 5.94. The van der Waals surface area contributed by atoms with Crippen molar-refractivity contribution in [2.24, 2.45) is 0 Å². The molecule has 0 radical (unpaired) electrons. The lowest BCUT2D eigenvalue weighted by molar-refractivity contribution is -0.125. The van der Waals surface area contributed by atoms with E-state index in [1.54, 1.807) is 23.1 Å². The normalized spacial score (nSPS) is 8.93. The van der Waals surface area contributed by atoms with Crippen LogP contribution < -0.4 is 0 Å². The summed E-state index contributed by atoms with van der Waals surface area (Å²) < 4.78 is 0. The first-order valence-electron chi connectivity index (χ1n) is 9.46. The van der Waals surface area contributed by atoms with Gasteiger partial charge in [0.1, 0.15) is 12.6 Å². The maximum atomic E-state index is 11.5. The highest BCUT2D eigenvalue weighted by atomic mass is 16.3. The van der Waals surface area contributed by atoms with Crippen LogP contribution in [0.25, 0.3) is 0 Å². The third-order valence-electron chi connectivity index (χ3n) is 2.75. The highest BCUT2D eigenvalue weighted by Crippen LogP contribution is 1.99. The van der Waals surface area contributed by atoms with Gasteiger partial charge in [0.15, 0.2) is 0 Å². The van der Waals surface area contributed by atoms with Crippen LogP contribution in [0.3, 0.4) is 0 Å². The van der Waals surface area contributed by atoms with Gasteiger partial charge in [0.2, 0.25) is 5.91 Å². The second kappa shape index (κ2) is 32.4. The Hall–Kier alpha value is -2.28. The Morgan fingerprint density at radius 2 is 1.36 bits per heavy atom.